The Balaban J connectivity index is 1.01. The zero-order valence-electron chi connectivity index (χ0n) is 20.8. The van der Waals surface area contributed by atoms with Crippen LogP contribution in [-0.2, 0) is 17.8 Å². The number of piperidine rings is 2. The van der Waals surface area contributed by atoms with Crippen molar-refractivity contribution in [3.05, 3.63) is 77.3 Å². The van der Waals surface area contributed by atoms with E-state index in [0.29, 0.717) is 19.1 Å². The quantitative estimate of drug-likeness (QED) is 0.401. The molecular weight excluding hydrogens is 470 g/mol. The number of hydrogen-bond donors (Lipinski definition) is 0. The third-order valence-corrected chi connectivity index (χ3v) is 7.92. The first kappa shape index (κ1) is 24.8. The fourth-order valence-corrected chi connectivity index (χ4v) is 5.74. The molecule has 1 aromatic heterocycles. The SMILES string of the molecule is O=C(CCc1cccc(OCc2ccccc2)c1)N1CCC(N2CCC(Oc3nccs3)CC2)CC1. The second-order valence-corrected chi connectivity index (χ2v) is 10.5. The molecule has 2 aromatic carbocycles. The van der Waals surface area contributed by atoms with Gasteiger partial charge in [0.1, 0.15) is 18.5 Å². The van der Waals surface area contributed by atoms with Gasteiger partial charge in [-0.1, -0.05) is 53.8 Å². The van der Waals surface area contributed by atoms with Gasteiger partial charge in [-0.15, -0.1) is 0 Å². The number of aryl methyl sites for hydroxylation is 1. The van der Waals surface area contributed by atoms with Crippen LogP contribution in [0.15, 0.2) is 66.2 Å². The molecule has 0 bridgehead atoms. The molecule has 0 saturated carbocycles. The summed E-state index contributed by atoms with van der Waals surface area (Å²) < 4.78 is 12.0. The summed E-state index contributed by atoms with van der Waals surface area (Å²) in [5.74, 6) is 1.12. The van der Waals surface area contributed by atoms with Gasteiger partial charge < -0.3 is 14.4 Å². The Morgan fingerprint density at radius 1 is 0.944 bits per heavy atom. The van der Waals surface area contributed by atoms with Crippen LogP contribution in [-0.4, -0.2) is 59.0 Å². The topological polar surface area (TPSA) is 54.9 Å². The third kappa shape index (κ3) is 6.86. The molecule has 3 aromatic rings. The van der Waals surface area contributed by atoms with E-state index < -0.39 is 0 Å². The summed E-state index contributed by atoms with van der Waals surface area (Å²) in [5, 5.41) is 2.74. The number of benzene rings is 2. The van der Waals surface area contributed by atoms with Crippen molar-refractivity contribution in [1.82, 2.24) is 14.8 Å². The van der Waals surface area contributed by atoms with Crippen molar-refractivity contribution in [2.45, 2.75) is 57.3 Å². The highest BCUT2D eigenvalue weighted by atomic mass is 32.1. The Kier molecular flexibility index (Phi) is 8.51. The number of carbonyl (C=O) groups is 1. The molecule has 3 heterocycles. The predicted octanol–water partition coefficient (Wildman–Crippen LogP) is 5.19. The Morgan fingerprint density at radius 3 is 2.47 bits per heavy atom. The molecule has 2 aliphatic heterocycles. The van der Waals surface area contributed by atoms with Crippen LogP contribution in [0.2, 0.25) is 0 Å². The third-order valence-electron chi connectivity index (χ3n) is 7.26. The predicted molar refractivity (Wildman–Crippen MR) is 142 cm³/mol. The molecule has 5 rings (SSSR count). The maximum absolute atomic E-state index is 12.9. The Labute approximate surface area is 217 Å². The summed E-state index contributed by atoms with van der Waals surface area (Å²) in [6, 6.07) is 18.9. The van der Waals surface area contributed by atoms with Crippen LogP contribution in [0, 0.1) is 0 Å². The van der Waals surface area contributed by atoms with Gasteiger partial charge in [-0.2, -0.15) is 0 Å². The number of aromatic nitrogens is 1. The van der Waals surface area contributed by atoms with Crippen LogP contribution < -0.4 is 9.47 Å². The minimum Gasteiger partial charge on any atom is -0.489 e. The average Bonchev–Trinajstić information content (AvgIpc) is 3.45. The molecule has 0 atom stereocenters. The van der Waals surface area contributed by atoms with Crippen molar-refractivity contribution in [2.24, 2.45) is 0 Å². The molecule has 0 N–H and O–H groups in total. The molecule has 7 heteroatoms. The van der Waals surface area contributed by atoms with Gasteiger partial charge >= 0.3 is 0 Å². The lowest BCUT2D eigenvalue weighted by atomic mass is 9.98. The van der Waals surface area contributed by atoms with Gasteiger partial charge in [-0.25, -0.2) is 4.98 Å². The number of amides is 1. The van der Waals surface area contributed by atoms with Crippen molar-refractivity contribution >= 4 is 17.2 Å². The number of hydrogen-bond acceptors (Lipinski definition) is 6. The molecule has 36 heavy (non-hydrogen) atoms. The van der Waals surface area contributed by atoms with E-state index in [1.165, 1.54) is 0 Å². The van der Waals surface area contributed by atoms with Gasteiger partial charge in [-0.05, 0) is 55.4 Å². The molecule has 1 amide bonds. The molecule has 0 aliphatic carbocycles. The number of thiazole rings is 1. The minimum absolute atomic E-state index is 0.264. The molecule has 2 aliphatic rings. The highest BCUT2D eigenvalue weighted by Gasteiger charge is 2.30. The first-order valence-corrected chi connectivity index (χ1v) is 13.9. The smallest absolute Gasteiger partial charge is 0.273 e. The van der Waals surface area contributed by atoms with Gasteiger partial charge in [0, 0.05) is 50.2 Å². The normalized spacial score (nSPS) is 17.7. The zero-order valence-corrected chi connectivity index (χ0v) is 21.6. The van der Waals surface area contributed by atoms with Crippen molar-refractivity contribution < 1.29 is 14.3 Å². The molecule has 0 spiro atoms. The molecule has 190 valence electrons. The first-order chi connectivity index (χ1) is 17.7. The van der Waals surface area contributed by atoms with Gasteiger partial charge in [0.05, 0.1) is 0 Å². The van der Waals surface area contributed by atoms with E-state index in [4.69, 9.17) is 9.47 Å². The molecule has 6 nitrogen and oxygen atoms in total. The fraction of sp³-hybridized carbons (Fsp3) is 0.448. The van der Waals surface area contributed by atoms with Crippen molar-refractivity contribution in [3.63, 3.8) is 0 Å². The van der Waals surface area contributed by atoms with Crippen molar-refractivity contribution in [1.29, 1.82) is 0 Å². The van der Waals surface area contributed by atoms with E-state index in [-0.39, 0.29) is 12.0 Å². The van der Waals surface area contributed by atoms with Crippen LogP contribution in [0.1, 0.15) is 43.2 Å². The van der Waals surface area contributed by atoms with Crippen LogP contribution in [0.25, 0.3) is 0 Å². The summed E-state index contributed by atoms with van der Waals surface area (Å²) >= 11 is 1.56. The Bertz CT molecular complexity index is 1080. The lowest BCUT2D eigenvalue weighted by molar-refractivity contribution is -0.132. The minimum atomic E-state index is 0.264. The highest BCUT2D eigenvalue weighted by Crippen LogP contribution is 2.25. The fourth-order valence-electron chi connectivity index (χ4n) is 5.19. The van der Waals surface area contributed by atoms with Gasteiger partial charge in [0.25, 0.3) is 5.19 Å². The van der Waals surface area contributed by atoms with Gasteiger partial charge in [-0.3, -0.25) is 9.69 Å². The summed E-state index contributed by atoms with van der Waals surface area (Å²) in [6.45, 7) is 4.40. The lowest BCUT2D eigenvalue weighted by Gasteiger charge is -2.41. The number of nitrogens with zero attached hydrogens (tertiary/aromatic N) is 3. The van der Waals surface area contributed by atoms with Crippen molar-refractivity contribution in [2.75, 3.05) is 26.2 Å². The Morgan fingerprint density at radius 2 is 1.72 bits per heavy atom. The number of carbonyl (C=O) groups excluding carboxylic acids is 1. The van der Waals surface area contributed by atoms with E-state index >= 15 is 0 Å². The van der Waals surface area contributed by atoms with E-state index in [9.17, 15) is 4.79 Å². The lowest BCUT2D eigenvalue weighted by Crippen LogP contribution is -2.50. The molecule has 0 unspecified atom stereocenters. The van der Waals surface area contributed by atoms with Gasteiger partial charge in [0.2, 0.25) is 5.91 Å². The second kappa shape index (κ2) is 12.4. The van der Waals surface area contributed by atoms with Crippen molar-refractivity contribution in [3.8, 4) is 10.9 Å². The largest absolute Gasteiger partial charge is 0.489 e. The van der Waals surface area contributed by atoms with E-state index in [1.54, 1.807) is 17.5 Å². The summed E-state index contributed by atoms with van der Waals surface area (Å²) in [4.78, 5) is 21.8. The van der Waals surface area contributed by atoms with E-state index in [1.807, 2.05) is 35.7 Å². The second-order valence-electron chi connectivity index (χ2n) is 9.68. The van der Waals surface area contributed by atoms with Crippen LogP contribution >= 0.6 is 11.3 Å². The molecule has 0 radical (unpaired) electrons. The van der Waals surface area contributed by atoms with Crippen LogP contribution in [0.5, 0.6) is 10.9 Å². The number of likely N-dealkylation sites (tertiary alicyclic amines) is 2. The summed E-state index contributed by atoms with van der Waals surface area (Å²) in [5.41, 5.74) is 2.29. The van der Waals surface area contributed by atoms with E-state index in [2.05, 4.69) is 39.0 Å². The first-order valence-electron chi connectivity index (χ1n) is 13.1. The number of ether oxygens (including phenoxy) is 2. The average molecular weight is 506 g/mol. The Hall–Kier alpha value is -2.90. The summed E-state index contributed by atoms with van der Waals surface area (Å²) in [6.07, 6.45) is 7.58. The molecule has 2 saturated heterocycles. The maximum atomic E-state index is 12.9. The zero-order chi connectivity index (χ0) is 24.6. The monoisotopic (exact) mass is 505 g/mol. The maximum Gasteiger partial charge on any atom is 0.273 e. The van der Waals surface area contributed by atoms with Gasteiger partial charge in [0.15, 0.2) is 0 Å². The number of rotatable bonds is 9. The highest BCUT2D eigenvalue weighted by molar-refractivity contribution is 7.11. The molecular formula is C29H35N3O3S. The molecule has 2 fully saturated rings. The van der Waals surface area contributed by atoms with E-state index in [0.717, 1.165) is 80.4 Å². The standard InChI is InChI=1S/C29H35N3O3S/c33-28(10-9-23-7-4-8-27(21-23)34-22-24-5-2-1-3-6-24)32-16-11-25(12-17-32)31-18-13-26(14-19-31)35-29-30-15-20-36-29/h1-8,15,20-21,25-26H,9-14,16-19,22H2. The summed E-state index contributed by atoms with van der Waals surface area (Å²) in [7, 11) is 0. The van der Waals surface area contributed by atoms with Crippen LogP contribution in [0.4, 0.5) is 0 Å². The van der Waals surface area contributed by atoms with Crippen LogP contribution in [0.3, 0.4) is 0 Å².